The summed E-state index contributed by atoms with van der Waals surface area (Å²) in [6.45, 7) is 2.52. The standard InChI is InChI=1S/C12H17N3OS/c13-12-14-7-10(11-4-1-5-16-11)15(12)8-9-3-2-6-17-9/h2-3,6,10-11H,1,4-5,7-8H2,(H2,13,14). The van der Waals surface area contributed by atoms with Gasteiger partial charge in [-0.15, -0.1) is 11.3 Å². The van der Waals surface area contributed by atoms with E-state index in [1.54, 1.807) is 11.3 Å². The second-order valence-corrected chi connectivity index (χ2v) is 5.56. The molecule has 3 rings (SSSR count). The molecule has 0 bridgehead atoms. The lowest BCUT2D eigenvalue weighted by Crippen LogP contribution is -2.46. The molecule has 92 valence electrons. The number of thiophene rings is 1. The van der Waals surface area contributed by atoms with E-state index in [0.717, 1.165) is 32.5 Å². The molecule has 1 saturated heterocycles. The Morgan fingerprint density at radius 1 is 1.59 bits per heavy atom. The van der Waals surface area contributed by atoms with Gasteiger partial charge in [-0.25, -0.2) is 0 Å². The summed E-state index contributed by atoms with van der Waals surface area (Å²) < 4.78 is 5.77. The minimum absolute atomic E-state index is 0.305. The van der Waals surface area contributed by atoms with Gasteiger partial charge in [-0.05, 0) is 24.3 Å². The third-order valence-corrected chi connectivity index (χ3v) is 4.30. The van der Waals surface area contributed by atoms with E-state index < -0.39 is 0 Å². The Balaban J connectivity index is 1.72. The van der Waals surface area contributed by atoms with Gasteiger partial charge in [0, 0.05) is 11.5 Å². The maximum absolute atomic E-state index is 5.98. The van der Waals surface area contributed by atoms with Crippen LogP contribution in [-0.2, 0) is 11.3 Å². The Kier molecular flexibility index (Phi) is 3.03. The lowest BCUT2D eigenvalue weighted by atomic mass is 10.1. The molecule has 0 amide bonds. The maximum Gasteiger partial charge on any atom is 0.192 e. The number of nitrogens with zero attached hydrogens (tertiary/aromatic N) is 2. The van der Waals surface area contributed by atoms with Crippen molar-refractivity contribution in [2.45, 2.75) is 31.5 Å². The first-order chi connectivity index (χ1) is 8.34. The number of aliphatic imine (C=N–C) groups is 1. The summed E-state index contributed by atoms with van der Waals surface area (Å²) in [7, 11) is 0. The van der Waals surface area contributed by atoms with Crippen molar-refractivity contribution in [2.75, 3.05) is 13.2 Å². The second kappa shape index (κ2) is 4.66. The molecular weight excluding hydrogens is 234 g/mol. The third kappa shape index (κ3) is 2.17. The highest BCUT2D eigenvalue weighted by Crippen LogP contribution is 2.25. The molecule has 4 nitrogen and oxygen atoms in total. The van der Waals surface area contributed by atoms with E-state index in [2.05, 4.69) is 27.4 Å². The van der Waals surface area contributed by atoms with E-state index in [1.807, 2.05) is 0 Å². The van der Waals surface area contributed by atoms with Crippen LogP contribution in [0.4, 0.5) is 0 Å². The van der Waals surface area contributed by atoms with Gasteiger partial charge in [0.1, 0.15) is 0 Å². The van der Waals surface area contributed by atoms with Crippen LogP contribution in [0.1, 0.15) is 17.7 Å². The van der Waals surface area contributed by atoms with Crippen LogP contribution in [-0.4, -0.2) is 36.2 Å². The average Bonchev–Trinajstić information content (AvgIpc) is 3.03. The first-order valence-corrected chi connectivity index (χ1v) is 6.93. The number of ether oxygens (including phenoxy) is 1. The molecule has 0 radical (unpaired) electrons. The van der Waals surface area contributed by atoms with Gasteiger partial charge in [-0.1, -0.05) is 6.07 Å². The van der Waals surface area contributed by atoms with Crippen molar-refractivity contribution in [3.63, 3.8) is 0 Å². The first kappa shape index (κ1) is 11.0. The van der Waals surface area contributed by atoms with Gasteiger partial charge in [0.05, 0.1) is 25.2 Å². The number of hydrogen-bond acceptors (Lipinski definition) is 5. The van der Waals surface area contributed by atoms with E-state index >= 15 is 0 Å². The molecule has 0 aromatic carbocycles. The fourth-order valence-electron chi connectivity index (χ4n) is 2.54. The van der Waals surface area contributed by atoms with Crippen LogP contribution in [0.3, 0.4) is 0 Å². The van der Waals surface area contributed by atoms with Crippen LogP contribution in [0, 0.1) is 0 Å². The fourth-order valence-corrected chi connectivity index (χ4v) is 3.24. The van der Waals surface area contributed by atoms with Gasteiger partial charge in [-0.2, -0.15) is 0 Å². The summed E-state index contributed by atoms with van der Waals surface area (Å²) in [5.41, 5.74) is 5.98. The van der Waals surface area contributed by atoms with Crippen LogP contribution in [0.15, 0.2) is 22.5 Å². The quantitative estimate of drug-likeness (QED) is 0.884. The van der Waals surface area contributed by atoms with Crippen LogP contribution in [0.25, 0.3) is 0 Å². The number of nitrogens with two attached hydrogens (primary N) is 1. The second-order valence-electron chi connectivity index (χ2n) is 4.52. The molecule has 2 aliphatic heterocycles. The zero-order valence-electron chi connectivity index (χ0n) is 9.71. The highest BCUT2D eigenvalue weighted by Gasteiger charge is 2.35. The molecule has 1 aromatic heterocycles. The Morgan fingerprint density at radius 3 is 3.24 bits per heavy atom. The van der Waals surface area contributed by atoms with E-state index in [9.17, 15) is 0 Å². The summed E-state index contributed by atoms with van der Waals surface area (Å²) in [5.74, 6) is 0.666. The third-order valence-electron chi connectivity index (χ3n) is 3.44. The Hall–Kier alpha value is -1.07. The minimum atomic E-state index is 0.305. The van der Waals surface area contributed by atoms with Crippen molar-refractivity contribution in [3.8, 4) is 0 Å². The molecule has 3 heterocycles. The molecule has 17 heavy (non-hydrogen) atoms. The zero-order valence-corrected chi connectivity index (χ0v) is 10.5. The highest BCUT2D eigenvalue weighted by atomic mass is 32.1. The number of guanidine groups is 1. The summed E-state index contributed by atoms with van der Waals surface area (Å²) in [6, 6.07) is 4.55. The maximum atomic E-state index is 5.98. The van der Waals surface area contributed by atoms with Gasteiger partial charge in [0.15, 0.2) is 5.96 Å². The lowest BCUT2D eigenvalue weighted by molar-refractivity contribution is 0.0557. The van der Waals surface area contributed by atoms with Crippen molar-refractivity contribution in [2.24, 2.45) is 10.7 Å². The summed E-state index contributed by atoms with van der Waals surface area (Å²) in [5, 5.41) is 2.10. The van der Waals surface area contributed by atoms with Crippen molar-refractivity contribution < 1.29 is 4.74 Å². The average molecular weight is 251 g/mol. The molecule has 1 aromatic rings. The zero-order chi connectivity index (χ0) is 11.7. The van der Waals surface area contributed by atoms with Crippen LogP contribution >= 0.6 is 11.3 Å². The summed E-state index contributed by atoms with van der Waals surface area (Å²) in [6.07, 6.45) is 2.60. The highest BCUT2D eigenvalue weighted by molar-refractivity contribution is 7.09. The van der Waals surface area contributed by atoms with Gasteiger partial charge >= 0.3 is 0 Å². The minimum Gasteiger partial charge on any atom is -0.376 e. The van der Waals surface area contributed by atoms with Gasteiger partial charge in [0.25, 0.3) is 0 Å². The Morgan fingerprint density at radius 2 is 2.53 bits per heavy atom. The SMILES string of the molecule is NC1=NCC(C2CCCO2)N1Cc1cccs1. The smallest absolute Gasteiger partial charge is 0.192 e. The van der Waals surface area contributed by atoms with Crippen LogP contribution in [0.5, 0.6) is 0 Å². The Bertz CT molecular complexity index is 398. The molecule has 5 heteroatoms. The molecule has 0 aliphatic carbocycles. The Labute approximate surface area is 105 Å². The molecule has 2 N–H and O–H groups in total. The van der Waals surface area contributed by atoms with Crippen molar-refractivity contribution in [1.29, 1.82) is 0 Å². The van der Waals surface area contributed by atoms with Crippen molar-refractivity contribution >= 4 is 17.3 Å². The molecule has 2 unspecified atom stereocenters. The van der Waals surface area contributed by atoms with E-state index in [0.29, 0.717) is 18.1 Å². The topological polar surface area (TPSA) is 50.9 Å². The molecule has 0 spiro atoms. The monoisotopic (exact) mass is 251 g/mol. The van der Waals surface area contributed by atoms with E-state index in [4.69, 9.17) is 10.5 Å². The molecule has 1 fully saturated rings. The predicted molar refractivity (Wildman–Crippen MR) is 69.1 cm³/mol. The number of hydrogen-bond donors (Lipinski definition) is 1. The first-order valence-electron chi connectivity index (χ1n) is 6.05. The molecule has 2 atom stereocenters. The van der Waals surface area contributed by atoms with Gasteiger partial charge in [-0.3, -0.25) is 4.99 Å². The van der Waals surface area contributed by atoms with Crippen LogP contribution < -0.4 is 5.73 Å². The predicted octanol–water partition coefficient (Wildman–Crippen LogP) is 1.43. The van der Waals surface area contributed by atoms with Crippen molar-refractivity contribution in [1.82, 2.24) is 4.90 Å². The molecule has 0 saturated carbocycles. The normalized spacial score (nSPS) is 28.7. The molecular formula is C12H17N3OS. The number of rotatable bonds is 3. The largest absolute Gasteiger partial charge is 0.376 e. The van der Waals surface area contributed by atoms with Gasteiger partial charge in [0.2, 0.25) is 0 Å². The van der Waals surface area contributed by atoms with E-state index in [-0.39, 0.29) is 0 Å². The summed E-state index contributed by atoms with van der Waals surface area (Å²) >= 11 is 1.76. The molecule has 2 aliphatic rings. The van der Waals surface area contributed by atoms with Crippen LogP contribution in [0.2, 0.25) is 0 Å². The summed E-state index contributed by atoms with van der Waals surface area (Å²) in [4.78, 5) is 7.89. The van der Waals surface area contributed by atoms with Crippen molar-refractivity contribution in [3.05, 3.63) is 22.4 Å². The fraction of sp³-hybridized carbons (Fsp3) is 0.583. The van der Waals surface area contributed by atoms with Gasteiger partial charge < -0.3 is 15.4 Å². The lowest BCUT2D eigenvalue weighted by Gasteiger charge is -2.29. The van der Waals surface area contributed by atoms with E-state index in [1.165, 1.54) is 4.88 Å².